The number of aromatic amines is 2. The van der Waals surface area contributed by atoms with Gasteiger partial charge in [0.1, 0.15) is 0 Å². The highest BCUT2D eigenvalue weighted by Crippen LogP contribution is 2.34. The smallest absolute Gasteiger partial charge is 0.416 e. The molecule has 234 valence electrons. The van der Waals surface area contributed by atoms with Crippen LogP contribution in [0.25, 0.3) is 29.4 Å². The summed E-state index contributed by atoms with van der Waals surface area (Å²) in [5.41, 5.74) is 2.14. The fourth-order valence-electron chi connectivity index (χ4n) is 5.86. The maximum atomic E-state index is 14.1. The second kappa shape index (κ2) is 11.1. The van der Waals surface area contributed by atoms with Gasteiger partial charge in [0.15, 0.2) is 5.54 Å². The molecule has 1 amide bonds. The summed E-state index contributed by atoms with van der Waals surface area (Å²) in [6, 6.07) is 16.8. The van der Waals surface area contributed by atoms with Crippen molar-refractivity contribution >= 4 is 47.2 Å². The molecule has 8 nitrogen and oxygen atoms in total. The number of amides is 1. The quantitative estimate of drug-likeness (QED) is 0.283. The number of nitrogens with zero attached hydrogens (tertiary/aromatic N) is 3. The number of alkyl halides is 3. The predicted molar refractivity (Wildman–Crippen MR) is 175 cm³/mol. The fraction of sp³-hybridized carbons (Fsp3) is 0.111. The Labute approximate surface area is 266 Å². The van der Waals surface area contributed by atoms with E-state index in [0.29, 0.717) is 45.3 Å². The van der Waals surface area contributed by atoms with Gasteiger partial charge >= 0.3 is 12.1 Å². The lowest BCUT2D eigenvalue weighted by Gasteiger charge is -2.20. The van der Waals surface area contributed by atoms with Crippen molar-refractivity contribution in [3.8, 4) is 11.1 Å². The van der Waals surface area contributed by atoms with E-state index in [9.17, 15) is 27.9 Å². The molecule has 47 heavy (non-hydrogen) atoms. The third kappa shape index (κ3) is 5.67. The van der Waals surface area contributed by atoms with Crippen LogP contribution in [0.1, 0.15) is 27.3 Å². The van der Waals surface area contributed by atoms with Gasteiger partial charge in [-0.05, 0) is 90.1 Å². The lowest BCUT2D eigenvalue weighted by Crippen LogP contribution is -2.36. The Morgan fingerprint density at radius 2 is 1.62 bits per heavy atom. The number of hydrogen-bond acceptors (Lipinski definition) is 4. The molecular weight excluding hydrogens is 607 g/mol. The van der Waals surface area contributed by atoms with Gasteiger partial charge in [0.25, 0.3) is 5.91 Å². The van der Waals surface area contributed by atoms with Crippen LogP contribution < -0.4 is 15.6 Å². The summed E-state index contributed by atoms with van der Waals surface area (Å²) >= 11 is 0. The van der Waals surface area contributed by atoms with E-state index in [-0.39, 0.29) is 12.0 Å². The van der Waals surface area contributed by atoms with Crippen LogP contribution in [-0.4, -0.2) is 51.0 Å². The first-order chi connectivity index (χ1) is 22.5. The number of aliphatic carboxylic acids is 1. The molecule has 4 aromatic rings. The standard InChI is InChI=1S/C36H26F3N5O3/c1-44(33(45)30-5-3-2-4-29(30)21-6-8-22(9-7-21)36(37,38)39)32-19-28-20-35(34(46)47)15-14-27(43-35)17-25-11-10-23(40-25)16-24-12-13-26(41-24)18-31(32)42-28/h2-19,40,42H,20H2,1H3,(H,46,47)/t35-/m1/s1. The van der Waals surface area contributed by atoms with Crippen molar-refractivity contribution in [3.05, 3.63) is 130 Å². The first-order valence-electron chi connectivity index (χ1n) is 14.6. The number of carbonyl (C=O) groups is 2. The molecule has 2 aromatic heterocycles. The first-order valence-corrected chi connectivity index (χ1v) is 14.6. The van der Waals surface area contributed by atoms with E-state index in [0.717, 1.165) is 22.8 Å². The molecule has 0 radical (unpaired) electrons. The molecule has 3 N–H and O–H groups in total. The molecule has 11 heteroatoms. The highest BCUT2D eigenvalue weighted by Gasteiger charge is 2.39. The van der Waals surface area contributed by atoms with Crippen molar-refractivity contribution in [1.29, 1.82) is 0 Å². The zero-order chi connectivity index (χ0) is 32.9. The molecule has 1 atom stereocenters. The average molecular weight is 634 g/mol. The topological polar surface area (TPSA) is 114 Å². The number of hydrogen-bond donors (Lipinski definition) is 3. The number of carboxylic acid groups (broad SMARTS) is 1. The number of aliphatic imine (C=N–C) groups is 2. The summed E-state index contributed by atoms with van der Waals surface area (Å²) in [5.74, 6) is -1.54. The Hall–Kier alpha value is -5.97. The molecule has 7 rings (SSSR count). The monoisotopic (exact) mass is 633 g/mol. The van der Waals surface area contributed by atoms with E-state index in [1.165, 1.54) is 17.0 Å². The van der Waals surface area contributed by atoms with Gasteiger partial charge in [-0.1, -0.05) is 30.3 Å². The van der Waals surface area contributed by atoms with Crippen molar-refractivity contribution in [2.24, 2.45) is 9.98 Å². The zero-order valence-electron chi connectivity index (χ0n) is 24.8. The van der Waals surface area contributed by atoms with Gasteiger partial charge in [-0.3, -0.25) is 9.79 Å². The Morgan fingerprint density at radius 1 is 0.894 bits per heavy atom. The zero-order valence-corrected chi connectivity index (χ0v) is 24.8. The number of fused-ring (bicyclic) bond motifs is 6. The summed E-state index contributed by atoms with van der Waals surface area (Å²) in [4.78, 5) is 44.0. The number of halogens is 3. The van der Waals surface area contributed by atoms with Gasteiger partial charge < -0.3 is 20.0 Å². The Kier molecular flexibility index (Phi) is 7.04. The Balaban J connectivity index is 1.31. The number of rotatable bonds is 4. The summed E-state index contributed by atoms with van der Waals surface area (Å²) in [5, 5.41) is 11.9. The Bertz CT molecular complexity index is 2230. The molecule has 0 saturated heterocycles. The van der Waals surface area contributed by atoms with Crippen LogP contribution in [0, 0.1) is 0 Å². The summed E-state index contributed by atoms with van der Waals surface area (Å²) < 4.78 is 39.6. The van der Waals surface area contributed by atoms with E-state index < -0.39 is 29.2 Å². The van der Waals surface area contributed by atoms with Crippen LogP contribution in [0.4, 0.5) is 18.9 Å². The largest absolute Gasteiger partial charge is 0.479 e. The minimum Gasteiger partial charge on any atom is -0.479 e. The van der Waals surface area contributed by atoms with Crippen molar-refractivity contribution in [2.75, 3.05) is 11.9 Å². The normalized spacial score (nSPS) is 18.2. The van der Waals surface area contributed by atoms with Crippen LogP contribution in [0.3, 0.4) is 0 Å². The predicted octanol–water partition coefficient (Wildman–Crippen LogP) is 5.31. The van der Waals surface area contributed by atoms with Gasteiger partial charge in [0, 0.05) is 35.4 Å². The van der Waals surface area contributed by atoms with Crippen LogP contribution in [-0.2, 0) is 17.4 Å². The highest BCUT2D eigenvalue weighted by atomic mass is 19.4. The molecular formula is C36H26F3N5O3. The van der Waals surface area contributed by atoms with Gasteiger partial charge in [-0.25, -0.2) is 9.79 Å². The van der Waals surface area contributed by atoms with Crippen LogP contribution in [0.5, 0.6) is 0 Å². The minimum atomic E-state index is -4.48. The first kappa shape index (κ1) is 29.7. The van der Waals surface area contributed by atoms with E-state index >= 15 is 0 Å². The van der Waals surface area contributed by atoms with Gasteiger partial charge in [-0.15, -0.1) is 0 Å². The third-order valence-electron chi connectivity index (χ3n) is 8.23. The molecule has 0 unspecified atom stereocenters. The highest BCUT2D eigenvalue weighted by molar-refractivity contribution is 6.21. The molecule has 0 saturated carbocycles. The molecule has 3 aliphatic rings. The summed E-state index contributed by atoms with van der Waals surface area (Å²) in [6.45, 7) is 0. The minimum absolute atomic E-state index is 0.0232. The molecule has 2 aromatic carbocycles. The van der Waals surface area contributed by atoms with Crippen molar-refractivity contribution in [2.45, 2.75) is 18.1 Å². The number of carboxylic acids is 1. The number of H-pyrrole nitrogens is 2. The SMILES string of the molecule is CN(C(=O)c1ccccc1-c1ccc(C(F)(F)F)cc1)c1cc2[nH]c1C=C1C=CC(=N1)C=c1ccc([nH]1)=CC1=N[C@](C(=O)O)(C=C1)C2. The molecule has 0 aliphatic carbocycles. The molecule has 0 fully saturated rings. The number of benzene rings is 2. The molecule has 0 spiro atoms. The summed E-state index contributed by atoms with van der Waals surface area (Å²) in [6.07, 6.45) is 7.84. The van der Waals surface area contributed by atoms with E-state index in [1.807, 2.05) is 30.4 Å². The van der Waals surface area contributed by atoms with E-state index in [4.69, 9.17) is 4.99 Å². The fourth-order valence-corrected chi connectivity index (χ4v) is 5.86. The van der Waals surface area contributed by atoms with Crippen molar-refractivity contribution < 1.29 is 27.9 Å². The van der Waals surface area contributed by atoms with Gasteiger partial charge in [-0.2, -0.15) is 13.2 Å². The lowest BCUT2D eigenvalue weighted by molar-refractivity contribution is -0.141. The van der Waals surface area contributed by atoms with Gasteiger partial charge in [0.2, 0.25) is 0 Å². The number of allylic oxidation sites excluding steroid dienone is 3. The number of carbonyl (C=O) groups excluding carboxylic acids is 1. The van der Waals surface area contributed by atoms with E-state index in [1.54, 1.807) is 61.7 Å². The van der Waals surface area contributed by atoms with Crippen LogP contribution >= 0.6 is 0 Å². The maximum absolute atomic E-state index is 14.1. The summed E-state index contributed by atoms with van der Waals surface area (Å²) in [7, 11) is 1.59. The number of nitrogens with one attached hydrogen (secondary N) is 2. The average Bonchev–Trinajstić information content (AvgIpc) is 3.85. The van der Waals surface area contributed by atoms with Crippen LogP contribution in [0.2, 0.25) is 0 Å². The Morgan fingerprint density at radius 3 is 2.34 bits per heavy atom. The lowest BCUT2D eigenvalue weighted by atomic mass is 9.95. The van der Waals surface area contributed by atoms with Gasteiger partial charge in [0.05, 0.1) is 34.1 Å². The van der Waals surface area contributed by atoms with E-state index in [2.05, 4.69) is 15.0 Å². The maximum Gasteiger partial charge on any atom is 0.416 e. The van der Waals surface area contributed by atoms with Crippen molar-refractivity contribution in [3.63, 3.8) is 0 Å². The second-order valence-electron chi connectivity index (χ2n) is 11.5. The molecule has 8 bridgehead atoms. The number of anilines is 1. The third-order valence-corrected chi connectivity index (χ3v) is 8.23. The number of aromatic nitrogens is 2. The molecule has 5 heterocycles. The second-order valence-corrected chi connectivity index (χ2v) is 11.5. The van der Waals surface area contributed by atoms with Crippen molar-refractivity contribution in [1.82, 2.24) is 9.97 Å². The molecule has 3 aliphatic heterocycles. The van der Waals surface area contributed by atoms with Crippen LogP contribution in [0.15, 0.2) is 107 Å².